The van der Waals surface area contributed by atoms with Crippen LogP contribution in [0.5, 0.6) is 5.75 Å². The molecule has 0 atom stereocenters. The molecule has 4 N–H and O–H groups in total. The van der Waals surface area contributed by atoms with Gasteiger partial charge in [0.25, 0.3) is 0 Å². The molecule has 114 valence electrons. The van der Waals surface area contributed by atoms with E-state index in [0.717, 1.165) is 32.4 Å². The highest BCUT2D eigenvalue weighted by atomic mass is 16.4. The number of hydrogen-bond donors (Lipinski definition) is 4. The lowest BCUT2D eigenvalue weighted by atomic mass is 9.76. The lowest BCUT2D eigenvalue weighted by Crippen LogP contribution is -2.44. The average molecular weight is 292 g/mol. The fraction of sp³-hybridized carbons (Fsp3) is 0.467. The molecule has 2 rings (SSSR count). The van der Waals surface area contributed by atoms with Crippen molar-refractivity contribution in [2.75, 3.05) is 18.4 Å². The van der Waals surface area contributed by atoms with Gasteiger partial charge in [-0.2, -0.15) is 0 Å². The molecular weight excluding hydrogens is 272 g/mol. The molecule has 0 aromatic heterocycles. The number of hydrogen-bond acceptors (Lipinski definition) is 4. The number of rotatable bonds is 4. The number of nitrogens with one attached hydrogen (secondary N) is 2. The Kier molecular flexibility index (Phi) is 4.47. The van der Waals surface area contributed by atoms with Gasteiger partial charge in [0.2, 0.25) is 5.91 Å². The first-order chi connectivity index (χ1) is 9.98. The second kappa shape index (κ2) is 6.13. The summed E-state index contributed by atoms with van der Waals surface area (Å²) < 4.78 is 0. The van der Waals surface area contributed by atoms with Crippen molar-refractivity contribution in [3.05, 3.63) is 23.8 Å². The Labute approximate surface area is 123 Å². The SMILES string of the molecule is CCC1(C(=O)Nc2ccc(O)c(C(=O)O)c2)CCNCC1. The van der Waals surface area contributed by atoms with Crippen LogP contribution in [0, 0.1) is 5.41 Å². The van der Waals surface area contributed by atoms with Gasteiger partial charge < -0.3 is 20.8 Å². The Morgan fingerprint density at radius 3 is 2.57 bits per heavy atom. The first kappa shape index (κ1) is 15.3. The van der Waals surface area contributed by atoms with Crippen molar-refractivity contribution in [3.63, 3.8) is 0 Å². The highest BCUT2D eigenvalue weighted by molar-refractivity contribution is 5.98. The molecule has 1 aromatic rings. The normalized spacial score (nSPS) is 17.2. The fourth-order valence-electron chi connectivity index (χ4n) is 2.70. The molecule has 6 nitrogen and oxygen atoms in total. The highest BCUT2D eigenvalue weighted by Crippen LogP contribution is 2.34. The maximum atomic E-state index is 12.5. The smallest absolute Gasteiger partial charge is 0.339 e. The van der Waals surface area contributed by atoms with Gasteiger partial charge in [0.15, 0.2) is 0 Å². The molecule has 1 saturated heterocycles. The Balaban J connectivity index is 2.19. The lowest BCUT2D eigenvalue weighted by molar-refractivity contribution is -0.127. The van der Waals surface area contributed by atoms with Crippen LogP contribution in [-0.2, 0) is 4.79 Å². The number of piperidine rings is 1. The monoisotopic (exact) mass is 292 g/mol. The van der Waals surface area contributed by atoms with E-state index in [4.69, 9.17) is 5.11 Å². The van der Waals surface area contributed by atoms with Crippen molar-refractivity contribution < 1.29 is 19.8 Å². The van der Waals surface area contributed by atoms with Crippen LogP contribution in [0.4, 0.5) is 5.69 Å². The molecular formula is C15H20N2O4. The summed E-state index contributed by atoms with van der Waals surface area (Å²) in [5.74, 6) is -1.63. The predicted molar refractivity (Wildman–Crippen MR) is 78.5 cm³/mol. The number of carbonyl (C=O) groups excluding carboxylic acids is 1. The molecule has 1 aliphatic rings. The molecule has 0 unspecified atom stereocenters. The third-order valence-electron chi connectivity index (χ3n) is 4.20. The van der Waals surface area contributed by atoms with Gasteiger partial charge in [-0.1, -0.05) is 6.92 Å². The summed E-state index contributed by atoms with van der Waals surface area (Å²) in [6, 6.07) is 4.06. The number of carboxylic acids is 1. The third-order valence-corrected chi connectivity index (χ3v) is 4.20. The van der Waals surface area contributed by atoms with Crippen molar-refractivity contribution in [1.82, 2.24) is 5.32 Å². The highest BCUT2D eigenvalue weighted by Gasteiger charge is 2.37. The van der Waals surface area contributed by atoms with E-state index in [1.807, 2.05) is 6.92 Å². The fourth-order valence-corrected chi connectivity index (χ4v) is 2.70. The van der Waals surface area contributed by atoms with Gasteiger partial charge in [0.05, 0.1) is 5.41 Å². The number of phenols is 1. The van der Waals surface area contributed by atoms with E-state index < -0.39 is 11.4 Å². The number of amides is 1. The molecule has 0 radical (unpaired) electrons. The number of anilines is 1. The maximum Gasteiger partial charge on any atom is 0.339 e. The van der Waals surface area contributed by atoms with Crippen molar-refractivity contribution >= 4 is 17.6 Å². The zero-order valence-electron chi connectivity index (χ0n) is 12.0. The van der Waals surface area contributed by atoms with Gasteiger partial charge in [-0.05, 0) is 50.6 Å². The Morgan fingerprint density at radius 2 is 2.00 bits per heavy atom. The third kappa shape index (κ3) is 3.16. The number of aromatic hydroxyl groups is 1. The summed E-state index contributed by atoms with van der Waals surface area (Å²) >= 11 is 0. The summed E-state index contributed by atoms with van der Waals surface area (Å²) in [5, 5.41) is 24.5. The minimum absolute atomic E-state index is 0.0893. The van der Waals surface area contributed by atoms with Gasteiger partial charge >= 0.3 is 5.97 Å². The van der Waals surface area contributed by atoms with E-state index in [9.17, 15) is 14.7 Å². The van der Waals surface area contributed by atoms with Gasteiger partial charge in [0, 0.05) is 5.69 Å². The van der Waals surface area contributed by atoms with Crippen molar-refractivity contribution in [2.45, 2.75) is 26.2 Å². The summed E-state index contributed by atoms with van der Waals surface area (Å²) in [6.45, 7) is 3.60. The minimum Gasteiger partial charge on any atom is -0.507 e. The van der Waals surface area contributed by atoms with E-state index in [2.05, 4.69) is 10.6 Å². The average Bonchev–Trinajstić information content (AvgIpc) is 2.49. The van der Waals surface area contributed by atoms with Crippen LogP contribution in [-0.4, -0.2) is 35.2 Å². The molecule has 0 aliphatic carbocycles. The Bertz CT molecular complexity index is 551. The second-order valence-electron chi connectivity index (χ2n) is 5.38. The van der Waals surface area contributed by atoms with E-state index in [0.29, 0.717) is 5.69 Å². The zero-order valence-corrected chi connectivity index (χ0v) is 12.0. The molecule has 21 heavy (non-hydrogen) atoms. The molecule has 1 amide bonds. The molecule has 1 heterocycles. The van der Waals surface area contributed by atoms with Crippen LogP contribution in [0.3, 0.4) is 0 Å². The van der Waals surface area contributed by atoms with Crippen molar-refractivity contribution in [2.24, 2.45) is 5.41 Å². The van der Waals surface area contributed by atoms with Gasteiger partial charge in [-0.25, -0.2) is 4.79 Å². The van der Waals surface area contributed by atoms with Crippen LogP contribution >= 0.6 is 0 Å². The molecule has 0 spiro atoms. The molecule has 1 fully saturated rings. The van der Waals surface area contributed by atoms with Crippen LogP contribution < -0.4 is 10.6 Å². The largest absolute Gasteiger partial charge is 0.507 e. The predicted octanol–water partition coefficient (Wildman–Crippen LogP) is 1.81. The van der Waals surface area contributed by atoms with Crippen LogP contribution in [0.25, 0.3) is 0 Å². The van der Waals surface area contributed by atoms with E-state index in [-0.39, 0.29) is 17.2 Å². The van der Waals surface area contributed by atoms with Crippen molar-refractivity contribution in [1.29, 1.82) is 0 Å². The second-order valence-corrected chi connectivity index (χ2v) is 5.38. The maximum absolute atomic E-state index is 12.5. The van der Waals surface area contributed by atoms with Gasteiger partial charge in [0.1, 0.15) is 11.3 Å². The quantitative estimate of drug-likeness (QED) is 0.634. The van der Waals surface area contributed by atoms with Crippen LogP contribution in [0.1, 0.15) is 36.5 Å². The number of carbonyl (C=O) groups is 2. The Hall–Kier alpha value is -2.08. The minimum atomic E-state index is -1.23. The molecule has 0 saturated carbocycles. The summed E-state index contributed by atoms with van der Waals surface area (Å²) in [5.41, 5.74) is -0.239. The topological polar surface area (TPSA) is 98.7 Å². The lowest BCUT2D eigenvalue weighted by Gasteiger charge is -2.35. The number of aromatic carboxylic acids is 1. The van der Waals surface area contributed by atoms with Crippen LogP contribution in [0.2, 0.25) is 0 Å². The molecule has 6 heteroatoms. The zero-order chi connectivity index (χ0) is 15.5. The molecule has 1 aromatic carbocycles. The van der Waals surface area contributed by atoms with Crippen molar-refractivity contribution in [3.8, 4) is 5.75 Å². The van der Waals surface area contributed by atoms with E-state index >= 15 is 0 Å². The van der Waals surface area contributed by atoms with E-state index in [1.54, 1.807) is 0 Å². The molecule has 1 aliphatic heterocycles. The Morgan fingerprint density at radius 1 is 1.33 bits per heavy atom. The van der Waals surface area contributed by atoms with Gasteiger partial charge in [-0.15, -0.1) is 0 Å². The summed E-state index contributed by atoms with van der Waals surface area (Å²) in [7, 11) is 0. The summed E-state index contributed by atoms with van der Waals surface area (Å²) in [4.78, 5) is 23.5. The molecule has 0 bridgehead atoms. The summed E-state index contributed by atoms with van der Waals surface area (Å²) in [6.07, 6.45) is 2.27. The van der Waals surface area contributed by atoms with Gasteiger partial charge in [-0.3, -0.25) is 4.79 Å². The first-order valence-corrected chi connectivity index (χ1v) is 7.07. The first-order valence-electron chi connectivity index (χ1n) is 7.07. The number of carboxylic acid groups (broad SMARTS) is 1. The van der Waals surface area contributed by atoms with Crippen LogP contribution in [0.15, 0.2) is 18.2 Å². The number of benzene rings is 1. The standard InChI is InChI=1S/C15H20N2O4/c1-2-15(5-7-16-8-6-15)14(21)17-10-3-4-12(18)11(9-10)13(19)20/h3-4,9,16,18H,2,5-8H2,1H3,(H,17,21)(H,19,20). The van der Waals surface area contributed by atoms with E-state index in [1.165, 1.54) is 18.2 Å².